The van der Waals surface area contributed by atoms with E-state index in [0.717, 1.165) is 24.0 Å². The van der Waals surface area contributed by atoms with Crippen molar-refractivity contribution in [2.75, 3.05) is 0 Å². The fraction of sp³-hybridized carbons (Fsp3) is 0.533. The Hall–Kier alpha value is -1.22. The van der Waals surface area contributed by atoms with Crippen LogP contribution in [0, 0.1) is 0 Å². The lowest BCUT2D eigenvalue weighted by Gasteiger charge is -2.42. The average Bonchev–Trinajstić information content (AvgIpc) is 2.27. The minimum atomic E-state index is -0.652. The first-order valence-electron chi connectivity index (χ1n) is 6.44. The van der Waals surface area contributed by atoms with Gasteiger partial charge in [-0.15, -0.1) is 0 Å². The minimum Gasteiger partial charge on any atom is -0.506 e. The van der Waals surface area contributed by atoms with E-state index in [2.05, 4.69) is 27.7 Å². The summed E-state index contributed by atoms with van der Waals surface area (Å²) in [4.78, 5) is 11.4. The summed E-state index contributed by atoms with van der Waals surface area (Å²) in [7, 11) is 0. The number of benzene rings is 1. The maximum absolute atomic E-state index is 11.4. The summed E-state index contributed by atoms with van der Waals surface area (Å²) in [6.07, 6.45) is 1.99. The second kappa shape index (κ2) is 4.14. The van der Waals surface area contributed by atoms with Crippen LogP contribution in [0.3, 0.4) is 0 Å². The fourth-order valence-electron chi connectivity index (χ4n) is 2.91. The molecular formula is C15H20ClNO2. The van der Waals surface area contributed by atoms with Crippen LogP contribution in [0.15, 0.2) is 6.07 Å². The minimum absolute atomic E-state index is 0.0770. The molecule has 2 rings (SSSR count). The molecule has 0 atom stereocenters. The second-order valence-corrected chi connectivity index (χ2v) is 7.02. The third-order valence-electron chi connectivity index (χ3n) is 4.29. The number of halogens is 1. The SMILES string of the molecule is CC1(C)CCC(C)(C)c2c1cc(C(N)=O)c(O)c2Cl. The molecule has 0 radical (unpaired) electrons. The van der Waals surface area contributed by atoms with Crippen LogP contribution < -0.4 is 5.73 Å². The second-order valence-electron chi connectivity index (χ2n) is 6.64. The van der Waals surface area contributed by atoms with Crippen LogP contribution in [0.2, 0.25) is 5.02 Å². The predicted molar refractivity (Wildman–Crippen MR) is 76.9 cm³/mol. The van der Waals surface area contributed by atoms with E-state index in [1.165, 1.54) is 0 Å². The third-order valence-corrected chi connectivity index (χ3v) is 4.65. The Morgan fingerprint density at radius 3 is 2.32 bits per heavy atom. The number of phenols is 1. The number of primary amides is 1. The highest BCUT2D eigenvalue weighted by Crippen LogP contribution is 2.51. The van der Waals surface area contributed by atoms with Gasteiger partial charge in [0.2, 0.25) is 0 Å². The van der Waals surface area contributed by atoms with Crippen LogP contribution in [0.5, 0.6) is 5.75 Å². The van der Waals surface area contributed by atoms with Gasteiger partial charge < -0.3 is 10.8 Å². The molecule has 0 heterocycles. The lowest BCUT2D eigenvalue weighted by atomic mass is 9.63. The third kappa shape index (κ3) is 2.10. The summed E-state index contributed by atoms with van der Waals surface area (Å²) < 4.78 is 0. The van der Waals surface area contributed by atoms with Crippen molar-refractivity contribution in [1.82, 2.24) is 0 Å². The van der Waals surface area contributed by atoms with Gasteiger partial charge in [0.05, 0.1) is 10.6 Å². The molecule has 1 aliphatic carbocycles. The Kier molecular flexibility index (Phi) is 3.09. The number of amides is 1. The lowest BCUT2D eigenvalue weighted by Crippen LogP contribution is -2.34. The van der Waals surface area contributed by atoms with E-state index >= 15 is 0 Å². The first kappa shape index (κ1) is 14.2. The molecule has 0 spiro atoms. The topological polar surface area (TPSA) is 63.3 Å². The number of aromatic hydroxyl groups is 1. The number of carbonyl (C=O) groups excluding carboxylic acids is 1. The molecule has 104 valence electrons. The number of hydrogen-bond donors (Lipinski definition) is 2. The Morgan fingerprint density at radius 1 is 1.26 bits per heavy atom. The standard InChI is InChI=1S/C15H20ClNO2/c1-14(2)5-6-15(3,4)10-9(14)7-8(13(17)19)12(18)11(10)16/h7,18H,5-6H2,1-4H3,(H2,17,19). The Balaban J connectivity index is 2.85. The van der Waals surface area contributed by atoms with E-state index in [1.807, 2.05) is 0 Å². The van der Waals surface area contributed by atoms with Crippen molar-refractivity contribution in [3.8, 4) is 5.75 Å². The molecule has 0 fully saturated rings. The zero-order valence-corrected chi connectivity index (χ0v) is 12.6. The Labute approximate surface area is 118 Å². The van der Waals surface area contributed by atoms with Crippen LogP contribution in [0.1, 0.15) is 62.0 Å². The first-order valence-corrected chi connectivity index (χ1v) is 6.82. The van der Waals surface area contributed by atoms with E-state index in [9.17, 15) is 9.90 Å². The van der Waals surface area contributed by atoms with E-state index in [4.69, 9.17) is 17.3 Å². The van der Waals surface area contributed by atoms with Gasteiger partial charge in [-0.25, -0.2) is 0 Å². The predicted octanol–water partition coefficient (Wildman–Crippen LogP) is 3.49. The summed E-state index contributed by atoms with van der Waals surface area (Å²) >= 11 is 6.31. The summed E-state index contributed by atoms with van der Waals surface area (Å²) in [5.74, 6) is -0.847. The maximum Gasteiger partial charge on any atom is 0.252 e. The zero-order valence-electron chi connectivity index (χ0n) is 11.8. The average molecular weight is 282 g/mol. The zero-order chi connectivity index (χ0) is 14.6. The van der Waals surface area contributed by atoms with E-state index < -0.39 is 5.91 Å². The Morgan fingerprint density at radius 2 is 1.79 bits per heavy atom. The molecule has 4 heteroatoms. The van der Waals surface area contributed by atoms with Crippen molar-refractivity contribution >= 4 is 17.5 Å². The van der Waals surface area contributed by atoms with E-state index in [0.29, 0.717) is 0 Å². The Bertz CT molecular complexity index is 562. The monoisotopic (exact) mass is 281 g/mol. The van der Waals surface area contributed by atoms with Gasteiger partial charge >= 0.3 is 0 Å². The van der Waals surface area contributed by atoms with Gasteiger partial charge in [0.15, 0.2) is 0 Å². The maximum atomic E-state index is 11.4. The molecule has 0 saturated carbocycles. The smallest absolute Gasteiger partial charge is 0.252 e. The van der Waals surface area contributed by atoms with Crippen molar-refractivity contribution in [2.45, 2.75) is 51.4 Å². The molecule has 0 bridgehead atoms. The quantitative estimate of drug-likeness (QED) is 0.827. The van der Waals surface area contributed by atoms with Crippen LogP contribution >= 0.6 is 11.6 Å². The highest BCUT2D eigenvalue weighted by atomic mass is 35.5. The van der Waals surface area contributed by atoms with Crippen LogP contribution in [-0.2, 0) is 10.8 Å². The number of fused-ring (bicyclic) bond motifs is 1. The molecule has 0 aromatic heterocycles. The summed E-state index contributed by atoms with van der Waals surface area (Å²) in [6.45, 7) is 8.46. The molecule has 19 heavy (non-hydrogen) atoms. The van der Waals surface area contributed by atoms with E-state index in [1.54, 1.807) is 6.07 Å². The van der Waals surface area contributed by atoms with Crippen molar-refractivity contribution < 1.29 is 9.90 Å². The molecule has 1 aromatic rings. The molecule has 1 amide bonds. The van der Waals surface area contributed by atoms with Crippen LogP contribution in [-0.4, -0.2) is 11.0 Å². The van der Waals surface area contributed by atoms with Gasteiger partial charge in [-0.2, -0.15) is 0 Å². The molecule has 1 aromatic carbocycles. The van der Waals surface area contributed by atoms with Crippen molar-refractivity contribution in [3.63, 3.8) is 0 Å². The number of hydrogen-bond acceptors (Lipinski definition) is 2. The largest absolute Gasteiger partial charge is 0.506 e. The van der Waals surface area contributed by atoms with Gasteiger partial charge in [0, 0.05) is 0 Å². The van der Waals surface area contributed by atoms with Gasteiger partial charge in [-0.3, -0.25) is 4.79 Å². The highest BCUT2D eigenvalue weighted by molar-refractivity contribution is 6.33. The van der Waals surface area contributed by atoms with Crippen LogP contribution in [0.4, 0.5) is 0 Å². The molecule has 1 aliphatic rings. The van der Waals surface area contributed by atoms with Crippen molar-refractivity contribution in [3.05, 3.63) is 27.8 Å². The highest BCUT2D eigenvalue weighted by Gasteiger charge is 2.40. The van der Waals surface area contributed by atoms with Gasteiger partial charge in [0.1, 0.15) is 5.75 Å². The van der Waals surface area contributed by atoms with Gasteiger partial charge in [-0.1, -0.05) is 39.3 Å². The van der Waals surface area contributed by atoms with Gasteiger partial charge in [0.25, 0.3) is 5.91 Å². The first-order chi connectivity index (χ1) is 8.58. The molecule has 3 nitrogen and oxygen atoms in total. The molecule has 0 unspecified atom stereocenters. The van der Waals surface area contributed by atoms with Crippen LogP contribution in [0.25, 0.3) is 0 Å². The normalized spacial score (nSPS) is 19.8. The molecule has 0 aliphatic heterocycles. The summed E-state index contributed by atoms with van der Waals surface area (Å²) in [5.41, 5.74) is 7.18. The number of nitrogens with two attached hydrogens (primary N) is 1. The molecule has 0 saturated heterocycles. The summed E-state index contributed by atoms with van der Waals surface area (Å²) in [6, 6.07) is 1.71. The molecular weight excluding hydrogens is 262 g/mol. The number of carbonyl (C=O) groups is 1. The lowest BCUT2D eigenvalue weighted by molar-refractivity contribution is 0.0997. The number of rotatable bonds is 1. The van der Waals surface area contributed by atoms with Crippen molar-refractivity contribution in [1.29, 1.82) is 0 Å². The van der Waals surface area contributed by atoms with E-state index in [-0.39, 0.29) is 27.2 Å². The van der Waals surface area contributed by atoms with Gasteiger partial charge in [-0.05, 0) is 40.9 Å². The summed E-state index contributed by atoms with van der Waals surface area (Å²) in [5, 5.41) is 10.4. The molecule has 3 N–H and O–H groups in total. The fourth-order valence-corrected chi connectivity index (χ4v) is 3.37. The van der Waals surface area contributed by atoms with Crippen molar-refractivity contribution in [2.24, 2.45) is 5.73 Å².